The van der Waals surface area contributed by atoms with E-state index in [0.29, 0.717) is 23.7 Å². The molecule has 0 spiro atoms. The maximum Gasteiger partial charge on any atom is 0.231 e. The number of anilines is 2. The fourth-order valence-electron chi connectivity index (χ4n) is 2.58. The zero-order chi connectivity index (χ0) is 14.4. The normalized spacial score (nSPS) is 13.9. The first kappa shape index (κ1) is 13.0. The standard InChI is InChI=1S/C14H15ClN4O/c1-8-14(15)12(18(2)17-8)7-19-11-4-3-10(16)5-9(11)6-13(19)20/h3-5H,6-7,16H2,1-2H3. The first-order valence-electron chi connectivity index (χ1n) is 6.34. The lowest BCUT2D eigenvalue weighted by molar-refractivity contribution is -0.117. The number of amides is 1. The van der Waals surface area contributed by atoms with Crippen LogP contribution in [-0.4, -0.2) is 15.7 Å². The fraction of sp³-hybridized carbons (Fsp3) is 0.286. The van der Waals surface area contributed by atoms with Crippen LogP contribution in [-0.2, 0) is 24.8 Å². The number of hydrogen-bond donors (Lipinski definition) is 1. The highest BCUT2D eigenvalue weighted by atomic mass is 35.5. The van der Waals surface area contributed by atoms with Gasteiger partial charge in [-0.25, -0.2) is 0 Å². The third-order valence-corrected chi connectivity index (χ3v) is 4.10. The smallest absolute Gasteiger partial charge is 0.231 e. The molecule has 0 bridgehead atoms. The highest BCUT2D eigenvalue weighted by Gasteiger charge is 2.29. The second-order valence-electron chi connectivity index (χ2n) is 5.01. The highest BCUT2D eigenvalue weighted by molar-refractivity contribution is 6.31. The molecule has 1 aliphatic heterocycles. The molecular formula is C14H15ClN4O. The maximum absolute atomic E-state index is 12.2. The van der Waals surface area contributed by atoms with Gasteiger partial charge in [-0.2, -0.15) is 5.10 Å². The lowest BCUT2D eigenvalue weighted by Gasteiger charge is -2.18. The highest BCUT2D eigenvalue weighted by Crippen LogP contribution is 2.33. The first-order chi connectivity index (χ1) is 9.47. The number of fused-ring (bicyclic) bond motifs is 1. The minimum atomic E-state index is 0.0560. The van der Waals surface area contributed by atoms with E-state index in [1.54, 1.807) is 15.6 Å². The van der Waals surface area contributed by atoms with E-state index in [9.17, 15) is 4.79 Å². The summed E-state index contributed by atoms with van der Waals surface area (Å²) < 4.78 is 1.72. The maximum atomic E-state index is 12.2. The van der Waals surface area contributed by atoms with E-state index in [-0.39, 0.29) is 5.91 Å². The van der Waals surface area contributed by atoms with Crippen molar-refractivity contribution >= 4 is 28.9 Å². The molecular weight excluding hydrogens is 276 g/mol. The first-order valence-corrected chi connectivity index (χ1v) is 6.72. The molecule has 2 aromatic rings. The monoisotopic (exact) mass is 290 g/mol. The number of carbonyl (C=O) groups is 1. The summed E-state index contributed by atoms with van der Waals surface area (Å²) in [5.41, 5.74) is 9.91. The SMILES string of the molecule is Cc1nn(C)c(CN2C(=O)Cc3cc(N)ccc32)c1Cl. The van der Waals surface area contributed by atoms with Gasteiger partial charge >= 0.3 is 0 Å². The molecule has 0 unspecified atom stereocenters. The third kappa shape index (κ3) is 1.94. The van der Waals surface area contributed by atoms with E-state index in [1.165, 1.54) is 0 Å². The number of benzene rings is 1. The molecule has 6 heteroatoms. The van der Waals surface area contributed by atoms with Crippen molar-refractivity contribution in [1.82, 2.24) is 9.78 Å². The largest absolute Gasteiger partial charge is 0.399 e. The van der Waals surface area contributed by atoms with Crippen molar-refractivity contribution < 1.29 is 4.79 Å². The minimum Gasteiger partial charge on any atom is -0.399 e. The number of aryl methyl sites for hydroxylation is 2. The van der Waals surface area contributed by atoms with Crippen molar-refractivity contribution in [3.8, 4) is 0 Å². The van der Waals surface area contributed by atoms with Gasteiger partial charge in [0.25, 0.3) is 0 Å². The van der Waals surface area contributed by atoms with Crippen LogP contribution in [0.1, 0.15) is 17.0 Å². The summed E-state index contributed by atoms with van der Waals surface area (Å²) >= 11 is 6.25. The van der Waals surface area contributed by atoms with Crippen LogP contribution < -0.4 is 10.6 Å². The van der Waals surface area contributed by atoms with Crippen molar-refractivity contribution in [2.75, 3.05) is 10.6 Å². The molecule has 1 aliphatic rings. The lowest BCUT2D eigenvalue weighted by atomic mass is 10.1. The Balaban J connectivity index is 1.98. The average molecular weight is 291 g/mol. The van der Waals surface area contributed by atoms with E-state index in [4.69, 9.17) is 17.3 Å². The van der Waals surface area contributed by atoms with Crippen molar-refractivity contribution in [2.24, 2.45) is 7.05 Å². The number of nitrogens with two attached hydrogens (primary N) is 1. The van der Waals surface area contributed by atoms with Crippen LogP contribution in [0.3, 0.4) is 0 Å². The Labute approximate surface area is 121 Å². The molecule has 0 fully saturated rings. The van der Waals surface area contributed by atoms with Crippen LogP contribution in [0.25, 0.3) is 0 Å². The molecule has 0 atom stereocenters. The Morgan fingerprint density at radius 2 is 2.20 bits per heavy atom. The fourth-order valence-corrected chi connectivity index (χ4v) is 2.80. The molecule has 5 nitrogen and oxygen atoms in total. The van der Waals surface area contributed by atoms with Gasteiger partial charge in [-0.05, 0) is 30.7 Å². The summed E-state index contributed by atoms with van der Waals surface area (Å²) in [7, 11) is 1.83. The van der Waals surface area contributed by atoms with Crippen LogP contribution in [0, 0.1) is 6.92 Å². The molecule has 1 amide bonds. The number of hydrogen-bond acceptors (Lipinski definition) is 3. The quantitative estimate of drug-likeness (QED) is 0.861. The van der Waals surface area contributed by atoms with Crippen LogP contribution in [0.2, 0.25) is 5.02 Å². The average Bonchev–Trinajstić information content (AvgIpc) is 2.81. The molecule has 0 radical (unpaired) electrons. The second kappa shape index (κ2) is 4.52. The van der Waals surface area contributed by atoms with Gasteiger partial charge in [0.15, 0.2) is 0 Å². The van der Waals surface area contributed by atoms with E-state index in [0.717, 1.165) is 22.6 Å². The van der Waals surface area contributed by atoms with Gasteiger partial charge in [-0.15, -0.1) is 0 Å². The zero-order valence-electron chi connectivity index (χ0n) is 11.4. The van der Waals surface area contributed by atoms with Gasteiger partial charge < -0.3 is 10.6 Å². The Morgan fingerprint density at radius 1 is 1.45 bits per heavy atom. The molecule has 1 aromatic heterocycles. The van der Waals surface area contributed by atoms with Gasteiger partial charge in [0.05, 0.1) is 29.4 Å². The Hall–Kier alpha value is -2.01. The van der Waals surface area contributed by atoms with Crippen molar-refractivity contribution in [2.45, 2.75) is 19.9 Å². The number of nitrogens with zero attached hydrogens (tertiary/aromatic N) is 3. The number of nitrogen functional groups attached to an aromatic ring is 1. The molecule has 1 aromatic carbocycles. The molecule has 3 rings (SSSR count). The number of aromatic nitrogens is 2. The molecule has 20 heavy (non-hydrogen) atoms. The van der Waals surface area contributed by atoms with E-state index < -0.39 is 0 Å². The predicted molar refractivity (Wildman–Crippen MR) is 78.7 cm³/mol. The lowest BCUT2D eigenvalue weighted by Crippen LogP contribution is -2.27. The van der Waals surface area contributed by atoms with Gasteiger partial charge in [0.1, 0.15) is 0 Å². The van der Waals surface area contributed by atoms with Gasteiger partial charge in [-0.3, -0.25) is 9.48 Å². The predicted octanol–water partition coefficient (Wildman–Crippen LogP) is 2.05. The minimum absolute atomic E-state index is 0.0560. The Bertz CT molecular complexity index is 707. The van der Waals surface area contributed by atoms with Crippen LogP contribution in [0.5, 0.6) is 0 Å². The van der Waals surface area contributed by atoms with Gasteiger partial charge in [-0.1, -0.05) is 11.6 Å². The van der Waals surface area contributed by atoms with Crippen molar-refractivity contribution in [1.29, 1.82) is 0 Å². The van der Waals surface area contributed by atoms with E-state index in [2.05, 4.69) is 5.10 Å². The molecule has 2 heterocycles. The van der Waals surface area contributed by atoms with Gasteiger partial charge in [0.2, 0.25) is 5.91 Å². The topological polar surface area (TPSA) is 64.2 Å². The van der Waals surface area contributed by atoms with Crippen molar-refractivity contribution in [3.05, 3.63) is 40.2 Å². The Morgan fingerprint density at radius 3 is 2.85 bits per heavy atom. The van der Waals surface area contributed by atoms with Crippen LogP contribution in [0.15, 0.2) is 18.2 Å². The molecule has 2 N–H and O–H groups in total. The van der Waals surface area contributed by atoms with Crippen molar-refractivity contribution in [3.63, 3.8) is 0 Å². The molecule has 0 saturated heterocycles. The summed E-state index contributed by atoms with van der Waals surface area (Å²) in [6, 6.07) is 5.54. The third-order valence-electron chi connectivity index (χ3n) is 3.61. The van der Waals surface area contributed by atoms with Crippen LogP contribution in [0.4, 0.5) is 11.4 Å². The van der Waals surface area contributed by atoms with E-state index in [1.807, 2.05) is 26.1 Å². The zero-order valence-corrected chi connectivity index (χ0v) is 12.1. The summed E-state index contributed by atoms with van der Waals surface area (Å²) in [6.07, 6.45) is 0.384. The number of carbonyl (C=O) groups excluding carboxylic acids is 1. The Kier molecular flexibility index (Phi) is 2.94. The van der Waals surface area contributed by atoms with E-state index >= 15 is 0 Å². The van der Waals surface area contributed by atoms with Crippen LogP contribution >= 0.6 is 11.6 Å². The summed E-state index contributed by atoms with van der Waals surface area (Å²) in [5.74, 6) is 0.0560. The number of rotatable bonds is 2. The molecule has 104 valence electrons. The molecule has 0 aliphatic carbocycles. The molecule has 0 saturated carbocycles. The van der Waals surface area contributed by atoms with Gasteiger partial charge in [0, 0.05) is 18.4 Å². The summed E-state index contributed by atoms with van der Waals surface area (Å²) in [4.78, 5) is 13.9. The summed E-state index contributed by atoms with van der Waals surface area (Å²) in [6.45, 7) is 2.28. The second-order valence-corrected chi connectivity index (χ2v) is 5.39. The summed E-state index contributed by atoms with van der Waals surface area (Å²) in [5, 5.41) is 4.89. The number of halogens is 1.